The molecule has 0 saturated carbocycles. The lowest BCUT2D eigenvalue weighted by atomic mass is 10.0. The molecule has 1 unspecified atom stereocenters. The van der Waals surface area contributed by atoms with E-state index in [0.717, 1.165) is 6.07 Å². The molecule has 0 aliphatic carbocycles. The zero-order valence-electron chi connectivity index (χ0n) is 8.51. The number of aliphatic hydroxyl groups is 1. The average molecular weight is 255 g/mol. The highest BCUT2D eigenvalue weighted by atomic mass is 19.4. The van der Waals surface area contributed by atoms with Crippen LogP contribution in [-0.2, 0) is 5.92 Å². The Morgan fingerprint density at radius 2 is 1.76 bits per heavy atom. The van der Waals surface area contributed by atoms with Gasteiger partial charge in [-0.1, -0.05) is 18.2 Å². The normalized spacial score (nSPS) is 14.8. The topological polar surface area (TPSA) is 46.2 Å². The molecule has 1 aromatic carbocycles. The maximum atomic E-state index is 13.0. The molecule has 0 heterocycles. The van der Waals surface area contributed by atoms with Gasteiger partial charge in [0.15, 0.2) is 0 Å². The number of hydrogen-bond acceptors (Lipinski definition) is 2. The molecule has 0 radical (unpaired) electrons. The standard InChI is InChI=1S/C10H10F5NO/c11-9(12,10(13,14)15)7-3-1-2-6(4-7)8(16)5-17/h1-4,8,17H,5,16H2. The number of halogens is 5. The van der Waals surface area contributed by atoms with Crippen molar-refractivity contribution in [1.29, 1.82) is 0 Å². The van der Waals surface area contributed by atoms with Crippen molar-refractivity contribution in [3.63, 3.8) is 0 Å². The first-order valence-electron chi connectivity index (χ1n) is 4.61. The second kappa shape index (κ2) is 4.58. The van der Waals surface area contributed by atoms with Crippen LogP contribution in [0.15, 0.2) is 24.3 Å². The van der Waals surface area contributed by atoms with Crippen LogP contribution in [0.2, 0.25) is 0 Å². The summed E-state index contributed by atoms with van der Waals surface area (Å²) in [4.78, 5) is 0. The Balaban J connectivity index is 3.16. The van der Waals surface area contributed by atoms with Crippen LogP contribution in [0.4, 0.5) is 22.0 Å². The van der Waals surface area contributed by atoms with Gasteiger partial charge in [0.05, 0.1) is 12.6 Å². The zero-order chi connectivity index (χ0) is 13.3. The minimum absolute atomic E-state index is 0.0222. The quantitative estimate of drug-likeness (QED) is 0.814. The molecule has 0 amide bonds. The van der Waals surface area contributed by atoms with E-state index >= 15 is 0 Å². The summed E-state index contributed by atoms with van der Waals surface area (Å²) in [5.74, 6) is -4.93. The van der Waals surface area contributed by atoms with Crippen molar-refractivity contribution in [3.8, 4) is 0 Å². The van der Waals surface area contributed by atoms with Crippen molar-refractivity contribution in [2.24, 2.45) is 5.73 Å². The largest absolute Gasteiger partial charge is 0.458 e. The molecule has 3 N–H and O–H groups in total. The summed E-state index contributed by atoms with van der Waals surface area (Å²) in [5, 5.41) is 8.71. The van der Waals surface area contributed by atoms with Crippen molar-refractivity contribution in [2.45, 2.75) is 18.1 Å². The van der Waals surface area contributed by atoms with Crippen LogP contribution in [0.5, 0.6) is 0 Å². The van der Waals surface area contributed by atoms with E-state index in [1.807, 2.05) is 0 Å². The van der Waals surface area contributed by atoms with Gasteiger partial charge in [-0.05, 0) is 11.6 Å². The summed E-state index contributed by atoms with van der Waals surface area (Å²) in [6.45, 7) is -0.541. The minimum atomic E-state index is -5.66. The average Bonchev–Trinajstić information content (AvgIpc) is 2.26. The lowest BCUT2D eigenvalue weighted by molar-refractivity contribution is -0.289. The summed E-state index contributed by atoms with van der Waals surface area (Å²) in [6, 6.07) is 2.64. The Kier molecular flexibility index (Phi) is 3.73. The highest BCUT2D eigenvalue weighted by Crippen LogP contribution is 2.44. The maximum Gasteiger partial charge on any atom is 0.458 e. The fraction of sp³-hybridized carbons (Fsp3) is 0.400. The number of nitrogens with two attached hydrogens (primary N) is 1. The summed E-state index contributed by atoms with van der Waals surface area (Å²) < 4.78 is 62.3. The molecule has 0 spiro atoms. The molecular formula is C10H10F5NO. The van der Waals surface area contributed by atoms with Crippen molar-refractivity contribution in [2.75, 3.05) is 6.61 Å². The van der Waals surface area contributed by atoms with E-state index in [2.05, 4.69) is 0 Å². The molecule has 1 atom stereocenters. The van der Waals surface area contributed by atoms with Crippen LogP contribution in [-0.4, -0.2) is 17.9 Å². The van der Waals surface area contributed by atoms with E-state index in [4.69, 9.17) is 10.8 Å². The summed E-state index contributed by atoms with van der Waals surface area (Å²) in [7, 11) is 0. The molecule has 96 valence electrons. The molecule has 0 aromatic heterocycles. The van der Waals surface area contributed by atoms with E-state index in [1.165, 1.54) is 6.07 Å². The monoisotopic (exact) mass is 255 g/mol. The Morgan fingerprint density at radius 3 is 2.24 bits per heavy atom. The summed E-state index contributed by atoms with van der Waals surface area (Å²) >= 11 is 0. The molecule has 0 bridgehead atoms. The molecular weight excluding hydrogens is 245 g/mol. The first-order valence-corrected chi connectivity index (χ1v) is 4.61. The third-order valence-corrected chi connectivity index (χ3v) is 2.23. The van der Waals surface area contributed by atoms with Gasteiger partial charge in [0.1, 0.15) is 0 Å². The molecule has 0 fully saturated rings. The van der Waals surface area contributed by atoms with Crippen LogP contribution in [0.25, 0.3) is 0 Å². The molecule has 7 heteroatoms. The first kappa shape index (κ1) is 13.9. The molecule has 0 aliphatic heterocycles. The van der Waals surface area contributed by atoms with Gasteiger partial charge in [-0.15, -0.1) is 0 Å². The summed E-state index contributed by atoms with van der Waals surface area (Å²) in [6.07, 6.45) is -5.66. The SMILES string of the molecule is NC(CO)c1cccc(C(F)(F)C(F)(F)F)c1. The molecule has 2 nitrogen and oxygen atoms in total. The summed E-state index contributed by atoms with van der Waals surface area (Å²) in [5.41, 5.74) is 4.17. The predicted molar refractivity (Wildman–Crippen MR) is 50.4 cm³/mol. The predicted octanol–water partition coefficient (Wildman–Crippen LogP) is 2.33. The van der Waals surface area contributed by atoms with Crippen LogP contribution in [0, 0.1) is 0 Å². The molecule has 1 aromatic rings. The number of alkyl halides is 5. The lowest BCUT2D eigenvalue weighted by Crippen LogP contribution is -2.33. The van der Waals surface area contributed by atoms with Gasteiger partial charge in [-0.25, -0.2) is 0 Å². The van der Waals surface area contributed by atoms with Gasteiger partial charge < -0.3 is 10.8 Å². The molecule has 17 heavy (non-hydrogen) atoms. The second-order valence-electron chi connectivity index (χ2n) is 3.49. The highest BCUT2D eigenvalue weighted by molar-refractivity contribution is 5.29. The van der Waals surface area contributed by atoms with E-state index in [0.29, 0.717) is 12.1 Å². The lowest BCUT2D eigenvalue weighted by Gasteiger charge is -2.21. The Hall–Kier alpha value is -1.21. The van der Waals surface area contributed by atoms with E-state index in [-0.39, 0.29) is 5.56 Å². The Morgan fingerprint density at radius 1 is 1.18 bits per heavy atom. The number of aliphatic hydroxyl groups excluding tert-OH is 1. The van der Waals surface area contributed by atoms with Gasteiger partial charge in [0.25, 0.3) is 0 Å². The number of hydrogen-bond donors (Lipinski definition) is 2. The third kappa shape index (κ3) is 2.73. The van der Waals surface area contributed by atoms with Gasteiger partial charge in [0.2, 0.25) is 0 Å². The maximum absolute atomic E-state index is 13.0. The van der Waals surface area contributed by atoms with E-state index in [1.54, 1.807) is 0 Å². The fourth-order valence-corrected chi connectivity index (χ4v) is 1.23. The van der Waals surface area contributed by atoms with Crippen molar-refractivity contribution in [1.82, 2.24) is 0 Å². The number of rotatable bonds is 3. The Labute approximate surface area is 93.9 Å². The fourth-order valence-electron chi connectivity index (χ4n) is 1.23. The third-order valence-electron chi connectivity index (χ3n) is 2.23. The first-order chi connectivity index (χ1) is 7.70. The van der Waals surface area contributed by atoms with Gasteiger partial charge >= 0.3 is 12.1 Å². The Bertz CT molecular complexity index is 391. The minimum Gasteiger partial charge on any atom is -0.394 e. The molecule has 1 rings (SSSR count). The van der Waals surface area contributed by atoms with Crippen LogP contribution in [0.1, 0.15) is 17.2 Å². The van der Waals surface area contributed by atoms with Crippen molar-refractivity contribution < 1.29 is 27.1 Å². The van der Waals surface area contributed by atoms with Gasteiger partial charge in [-0.2, -0.15) is 22.0 Å². The van der Waals surface area contributed by atoms with Gasteiger partial charge in [-0.3, -0.25) is 0 Å². The van der Waals surface area contributed by atoms with Gasteiger partial charge in [0, 0.05) is 5.56 Å². The van der Waals surface area contributed by atoms with Crippen molar-refractivity contribution in [3.05, 3.63) is 35.4 Å². The van der Waals surface area contributed by atoms with Crippen molar-refractivity contribution >= 4 is 0 Å². The second-order valence-corrected chi connectivity index (χ2v) is 3.49. The van der Waals surface area contributed by atoms with Crippen LogP contribution in [0.3, 0.4) is 0 Å². The van der Waals surface area contributed by atoms with Crippen LogP contribution >= 0.6 is 0 Å². The van der Waals surface area contributed by atoms with E-state index in [9.17, 15) is 22.0 Å². The van der Waals surface area contributed by atoms with E-state index < -0.39 is 30.3 Å². The smallest absolute Gasteiger partial charge is 0.394 e. The highest BCUT2D eigenvalue weighted by Gasteiger charge is 2.58. The number of benzene rings is 1. The molecule has 0 aliphatic rings. The molecule has 0 saturated heterocycles. The van der Waals surface area contributed by atoms with Crippen LogP contribution < -0.4 is 5.73 Å². The zero-order valence-corrected chi connectivity index (χ0v) is 8.51.